The highest BCUT2D eigenvalue weighted by Crippen LogP contribution is 2.71. The average molecular weight is 276 g/mol. The predicted molar refractivity (Wildman–Crippen MR) is 88.5 cm³/mol. The molecule has 0 aromatic carbocycles. The summed E-state index contributed by atoms with van der Waals surface area (Å²) in [5.41, 5.74) is 0. The summed E-state index contributed by atoms with van der Waals surface area (Å²) in [6, 6.07) is 0. The van der Waals surface area contributed by atoms with Crippen molar-refractivity contribution in [2.45, 2.75) is 90.1 Å². The summed E-state index contributed by atoms with van der Waals surface area (Å²) in [6.45, 7) is 26.9. The number of rotatable bonds is 2. The summed E-state index contributed by atoms with van der Waals surface area (Å²) in [4.78, 5) is 0. The molecule has 104 valence electrons. The van der Waals surface area contributed by atoms with E-state index in [1.165, 1.54) is 0 Å². The molecule has 0 N–H and O–H groups in total. The van der Waals surface area contributed by atoms with Crippen LogP contribution in [0, 0.1) is 0 Å². The average Bonchev–Trinajstić information content (AvgIpc) is 1.94. The second-order valence-electron chi connectivity index (χ2n) is 8.13. The molecule has 0 spiro atoms. The van der Waals surface area contributed by atoms with Crippen LogP contribution in [0.5, 0.6) is 0 Å². The van der Waals surface area contributed by atoms with Crippen molar-refractivity contribution in [2.75, 3.05) is 6.66 Å². The Morgan fingerprint density at radius 2 is 0.941 bits per heavy atom. The summed E-state index contributed by atoms with van der Waals surface area (Å²) in [6.07, 6.45) is 0. The normalized spacial score (nSPS) is 18.4. The van der Waals surface area contributed by atoms with Crippen LogP contribution in [0.4, 0.5) is 0 Å². The molecule has 0 nitrogen and oxygen atoms in total. The lowest BCUT2D eigenvalue weighted by Crippen LogP contribution is -2.31. The van der Waals surface area contributed by atoms with Gasteiger partial charge in [-0.05, 0) is 27.5 Å². The third-order valence-corrected chi connectivity index (χ3v) is 12.0. The lowest BCUT2D eigenvalue weighted by molar-refractivity contribution is 0.699. The third kappa shape index (κ3) is 5.16. The minimum Gasteiger partial charge on any atom is -0.0970 e. The van der Waals surface area contributed by atoms with E-state index in [0.717, 1.165) is 5.40 Å². The van der Waals surface area contributed by atoms with E-state index in [2.05, 4.69) is 75.9 Å². The minimum atomic E-state index is 0.0212. The topological polar surface area (TPSA) is 0 Å². The Labute approximate surface area is 113 Å². The van der Waals surface area contributed by atoms with Gasteiger partial charge in [-0.25, -0.2) is 0 Å². The molecular weight excluding hydrogens is 242 g/mol. The standard InChI is InChI=1S/C15H34P2/c1-12(16(11)13(2,3)4)17(14(5,6)7)15(8,9)10/h12H,1-11H3/t12-,16?/m0/s1. The van der Waals surface area contributed by atoms with Crippen LogP contribution in [-0.2, 0) is 0 Å². The molecule has 0 radical (unpaired) electrons. The molecule has 0 fully saturated rings. The zero-order valence-corrected chi connectivity index (χ0v) is 15.8. The van der Waals surface area contributed by atoms with Crippen molar-refractivity contribution in [3.63, 3.8) is 0 Å². The van der Waals surface area contributed by atoms with Gasteiger partial charge in [0.25, 0.3) is 0 Å². The Kier molecular flexibility index (Phi) is 5.74. The van der Waals surface area contributed by atoms with E-state index in [9.17, 15) is 0 Å². The van der Waals surface area contributed by atoms with Crippen molar-refractivity contribution in [2.24, 2.45) is 0 Å². The fourth-order valence-corrected chi connectivity index (χ4v) is 12.7. The van der Waals surface area contributed by atoms with Crippen LogP contribution >= 0.6 is 15.8 Å². The Hall–Kier alpha value is 0.860. The molecule has 0 heterocycles. The molecule has 0 rings (SSSR count). The predicted octanol–water partition coefficient (Wildman–Crippen LogP) is 6.32. The van der Waals surface area contributed by atoms with E-state index in [1.807, 2.05) is 0 Å². The monoisotopic (exact) mass is 276 g/mol. The second kappa shape index (κ2) is 5.46. The summed E-state index contributed by atoms with van der Waals surface area (Å²) < 4.78 is 0. The second-order valence-corrected chi connectivity index (χ2v) is 16.1. The van der Waals surface area contributed by atoms with Crippen LogP contribution in [0.3, 0.4) is 0 Å². The molecule has 0 aliphatic carbocycles. The Morgan fingerprint density at radius 1 is 0.647 bits per heavy atom. The summed E-state index contributed by atoms with van der Waals surface area (Å²) >= 11 is 0. The summed E-state index contributed by atoms with van der Waals surface area (Å²) in [5, 5.41) is 2.26. The maximum absolute atomic E-state index is 2.51. The van der Waals surface area contributed by atoms with Crippen LogP contribution in [0.25, 0.3) is 0 Å². The summed E-state index contributed by atoms with van der Waals surface area (Å²) in [7, 11) is 0.0992. The van der Waals surface area contributed by atoms with Gasteiger partial charge in [-0.3, -0.25) is 0 Å². The molecule has 2 heteroatoms. The van der Waals surface area contributed by atoms with Gasteiger partial charge in [-0.15, -0.1) is 0 Å². The Morgan fingerprint density at radius 3 is 1.12 bits per heavy atom. The van der Waals surface area contributed by atoms with E-state index in [0.29, 0.717) is 15.5 Å². The van der Waals surface area contributed by atoms with Gasteiger partial charge in [-0.1, -0.05) is 85.1 Å². The first kappa shape index (κ1) is 17.9. The first-order valence-corrected chi connectivity index (χ1v) is 9.98. The van der Waals surface area contributed by atoms with Crippen molar-refractivity contribution in [3.05, 3.63) is 0 Å². The fraction of sp³-hybridized carbons (Fsp3) is 1.00. The van der Waals surface area contributed by atoms with Gasteiger partial charge >= 0.3 is 0 Å². The molecule has 0 aliphatic heterocycles. The van der Waals surface area contributed by atoms with E-state index in [4.69, 9.17) is 0 Å². The first-order valence-electron chi connectivity index (χ1n) is 6.71. The van der Waals surface area contributed by atoms with Crippen LogP contribution in [0.1, 0.15) is 69.2 Å². The zero-order chi connectivity index (χ0) is 14.2. The van der Waals surface area contributed by atoms with E-state index >= 15 is 0 Å². The van der Waals surface area contributed by atoms with Crippen LogP contribution in [0.2, 0.25) is 0 Å². The van der Waals surface area contributed by atoms with Crippen molar-refractivity contribution in [3.8, 4) is 0 Å². The van der Waals surface area contributed by atoms with Gasteiger partial charge in [0.1, 0.15) is 0 Å². The van der Waals surface area contributed by atoms with Gasteiger partial charge in [0.2, 0.25) is 0 Å². The molecule has 0 aromatic rings. The molecule has 2 atom stereocenters. The maximum Gasteiger partial charge on any atom is -0.00226 e. The van der Waals surface area contributed by atoms with Gasteiger partial charge in [-0.2, -0.15) is 0 Å². The molecule has 0 aliphatic rings. The van der Waals surface area contributed by atoms with Crippen molar-refractivity contribution in [1.82, 2.24) is 0 Å². The molecule has 0 aromatic heterocycles. The Balaban J connectivity index is 5.24. The van der Waals surface area contributed by atoms with Gasteiger partial charge < -0.3 is 0 Å². The van der Waals surface area contributed by atoms with Crippen molar-refractivity contribution >= 4 is 15.8 Å². The van der Waals surface area contributed by atoms with Crippen LogP contribution in [0.15, 0.2) is 0 Å². The van der Waals surface area contributed by atoms with Gasteiger partial charge in [0.15, 0.2) is 0 Å². The first-order chi connectivity index (χ1) is 7.19. The SMILES string of the molecule is C[C@@H](P(C)C(C)(C)C)P(C(C)(C)C)C(C)(C)C. The van der Waals surface area contributed by atoms with E-state index < -0.39 is 0 Å². The third-order valence-electron chi connectivity index (χ3n) is 3.44. The molecule has 0 saturated carbocycles. The molecular formula is C15H34P2. The largest absolute Gasteiger partial charge is 0.0970 e. The van der Waals surface area contributed by atoms with Crippen molar-refractivity contribution in [1.29, 1.82) is 0 Å². The van der Waals surface area contributed by atoms with Crippen LogP contribution in [-0.4, -0.2) is 27.5 Å². The highest BCUT2D eigenvalue weighted by molar-refractivity contribution is 7.77. The maximum atomic E-state index is 2.51. The Bertz CT molecular complexity index is 223. The fourth-order valence-electron chi connectivity index (χ4n) is 2.86. The molecule has 0 bridgehead atoms. The summed E-state index contributed by atoms with van der Waals surface area (Å²) in [5.74, 6) is 0. The molecule has 17 heavy (non-hydrogen) atoms. The van der Waals surface area contributed by atoms with Gasteiger partial charge in [0.05, 0.1) is 0 Å². The van der Waals surface area contributed by atoms with Gasteiger partial charge in [0, 0.05) is 0 Å². The zero-order valence-electron chi connectivity index (χ0n) is 14.0. The van der Waals surface area contributed by atoms with Crippen molar-refractivity contribution < 1.29 is 0 Å². The molecule has 0 saturated heterocycles. The van der Waals surface area contributed by atoms with E-state index in [1.54, 1.807) is 0 Å². The molecule has 0 amide bonds. The highest BCUT2D eigenvalue weighted by Gasteiger charge is 2.41. The highest BCUT2D eigenvalue weighted by atomic mass is 31.2. The minimum absolute atomic E-state index is 0.0212. The van der Waals surface area contributed by atoms with Crippen LogP contribution < -0.4 is 0 Å². The quantitative estimate of drug-likeness (QED) is 0.517. The smallest absolute Gasteiger partial charge is 0.00226 e. The number of hydrogen-bond acceptors (Lipinski definition) is 0. The molecule has 1 unspecified atom stereocenters. The lowest BCUT2D eigenvalue weighted by atomic mass is 10.2. The van der Waals surface area contributed by atoms with E-state index in [-0.39, 0.29) is 15.8 Å². The lowest BCUT2D eigenvalue weighted by Gasteiger charge is -2.49. The number of hydrogen-bond donors (Lipinski definition) is 0.